The summed E-state index contributed by atoms with van der Waals surface area (Å²) in [6.45, 7) is 7.12. The maximum atomic E-state index is 11.0. The van der Waals surface area contributed by atoms with Gasteiger partial charge in [0.05, 0.1) is 0 Å². The van der Waals surface area contributed by atoms with Crippen LogP contribution in [0.15, 0.2) is 18.2 Å². The molecule has 0 aliphatic heterocycles. The quantitative estimate of drug-likeness (QED) is 0.753. The fraction of sp³-hybridized carbons (Fsp3) is 0.533. The van der Waals surface area contributed by atoms with Crippen LogP contribution >= 0.6 is 0 Å². The Kier molecular flexibility index (Phi) is 5.69. The summed E-state index contributed by atoms with van der Waals surface area (Å²) in [5.41, 5.74) is 3.37. The Labute approximate surface area is 109 Å². The highest BCUT2D eigenvalue weighted by Crippen LogP contribution is 2.24. The van der Waals surface area contributed by atoms with Crippen molar-refractivity contribution in [2.45, 2.75) is 40.0 Å². The van der Waals surface area contributed by atoms with Gasteiger partial charge >= 0.3 is 5.97 Å². The third-order valence-electron chi connectivity index (χ3n) is 3.11. The van der Waals surface area contributed by atoms with Crippen molar-refractivity contribution in [1.29, 1.82) is 0 Å². The molecule has 0 spiro atoms. The third kappa shape index (κ3) is 4.06. The molecule has 0 amide bonds. The molecule has 1 rings (SSSR count). The molecule has 0 saturated carbocycles. The second-order valence-corrected chi connectivity index (χ2v) is 4.76. The number of rotatable bonds is 7. The first-order chi connectivity index (χ1) is 8.56. The van der Waals surface area contributed by atoms with Crippen molar-refractivity contribution < 1.29 is 9.90 Å². The van der Waals surface area contributed by atoms with Gasteiger partial charge in [0.1, 0.15) is 6.54 Å². The SMILES string of the molecule is CCCCCN(CC(=O)O)c1c(C)cccc1C. The lowest BCUT2D eigenvalue weighted by Crippen LogP contribution is -2.31. The fourth-order valence-electron chi connectivity index (χ4n) is 2.29. The Balaban J connectivity index is 2.90. The number of para-hydroxylation sites is 1. The van der Waals surface area contributed by atoms with E-state index in [4.69, 9.17) is 5.11 Å². The zero-order valence-corrected chi connectivity index (χ0v) is 11.6. The van der Waals surface area contributed by atoms with Gasteiger partial charge < -0.3 is 10.0 Å². The standard InChI is InChI=1S/C15H23NO2/c1-4-5-6-10-16(11-14(17)18)15-12(2)8-7-9-13(15)3/h7-9H,4-6,10-11H2,1-3H3,(H,17,18). The molecule has 0 unspecified atom stereocenters. The largest absolute Gasteiger partial charge is 0.480 e. The van der Waals surface area contributed by atoms with Gasteiger partial charge in [0.25, 0.3) is 0 Å². The summed E-state index contributed by atoms with van der Waals surface area (Å²) >= 11 is 0. The van der Waals surface area contributed by atoms with Crippen LogP contribution in [0.3, 0.4) is 0 Å². The number of carboxylic acid groups (broad SMARTS) is 1. The second kappa shape index (κ2) is 7.04. The zero-order chi connectivity index (χ0) is 13.5. The Hall–Kier alpha value is -1.51. The number of hydrogen-bond acceptors (Lipinski definition) is 2. The third-order valence-corrected chi connectivity index (χ3v) is 3.11. The molecule has 1 aromatic rings. The van der Waals surface area contributed by atoms with Crippen LogP contribution in [0.2, 0.25) is 0 Å². The lowest BCUT2D eigenvalue weighted by molar-refractivity contribution is -0.135. The van der Waals surface area contributed by atoms with Crippen molar-refractivity contribution in [2.75, 3.05) is 18.0 Å². The van der Waals surface area contributed by atoms with E-state index in [0.717, 1.165) is 42.6 Å². The predicted molar refractivity (Wildman–Crippen MR) is 75.3 cm³/mol. The van der Waals surface area contributed by atoms with Gasteiger partial charge in [0.2, 0.25) is 0 Å². The van der Waals surface area contributed by atoms with Crippen molar-refractivity contribution in [1.82, 2.24) is 0 Å². The smallest absolute Gasteiger partial charge is 0.323 e. The Morgan fingerprint density at radius 2 is 1.83 bits per heavy atom. The van der Waals surface area contributed by atoms with E-state index in [-0.39, 0.29) is 6.54 Å². The second-order valence-electron chi connectivity index (χ2n) is 4.76. The molecule has 3 nitrogen and oxygen atoms in total. The number of carbonyl (C=O) groups is 1. The fourth-order valence-corrected chi connectivity index (χ4v) is 2.29. The van der Waals surface area contributed by atoms with Gasteiger partial charge in [-0.1, -0.05) is 38.0 Å². The van der Waals surface area contributed by atoms with Gasteiger partial charge in [-0.3, -0.25) is 4.79 Å². The first-order valence-corrected chi connectivity index (χ1v) is 6.59. The molecule has 0 aromatic heterocycles. The number of hydrogen-bond donors (Lipinski definition) is 1. The highest BCUT2D eigenvalue weighted by Gasteiger charge is 2.14. The number of unbranched alkanes of at least 4 members (excludes halogenated alkanes) is 2. The van der Waals surface area contributed by atoms with E-state index in [9.17, 15) is 4.79 Å². The maximum absolute atomic E-state index is 11.0. The van der Waals surface area contributed by atoms with E-state index < -0.39 is 5.97 Å². The van der Waals surface area contributed by atoms with E-state index in [1.54, 1.807) is 0 Å². The number of aryl methyl sites for hydroxylation is 2. The zero-order valence-electron chi connectivity index (χ0n) is 11.6. The van der Waals surface area contributed by atoms with E-state index in [1.807, 2.05) is 36.9 Å². The summed E-state index contributed by atoms with van der Waals surface area (Å²) in [6, 6.07) is 6.09. The first kappa shape index (κ1) is 14.6. The summed E-state index contributed by atoms with van der Waals surface area (Å²) in [5.74, 6) is -0.769. The first-order valence-electron chi connectivity index (χ1n) is 6.59. The van der Waals surface area contributed by atoms with Crippen LogP contribution < -0.4 is 4.90 Å². The van der Waals surface area contributed by atoms with Gasteiger partial charge in [0.15, 0.2) is 0 Å². The lowest BCUT2D eigenvalue weighted by atomic mass is 10.1. The average Bonchev–Trinajstić information content (AvgIpc) is 2.28. The summed E-state index contributed by atoms with van der Waals surface area (Å²) in [6.07, 6.45) is 3.33. The van der Waals surface area contributed by atoms with E-state index >= 15 is 0 Å². The molecular weight excluding hydrogens is 226 g/mol. The predicted octanol–water partition coefficient (Wildman–Crippen LogP) is 3.38. The Bertz CT molecular complexity index is 381. The van der Waals surface area contributed by atoms with E-state index in [0.29, 0.717) is 0 Å². The summed E-state index contributed by atoms with van der Waals surface area (Å²) in [4.78, 5) is 13.0. The summed E-state index contributed by atoms with van der Waals surface area (Å²) in [7, 11) is 0. The lowest BCUT2D eigenvalue weighted by Gasteiger charge is -2.26. The molecule has 0 aliphatic carbocycles. The van der Waals surface area contributed by atoms with Gasteiger partial charge in [0, 0.05) is 12.2 Å². The number of aliphatic carboxylic acids is 1. The van der Waals surface area contributed by atoms with Crippen LogP contribution in [0.5, 0.6) is 0 Å². The minimum atomic E-state index is -0.769. The van der Waals surface area contributed by atoms with Crippen LogP contribution in [0.1, 0.15) is 37.3 Å². The normalized spacial score (nSPS) is 10.4. The van der Waals surface area contributed by atoms with E-state index in [2.05, 4.69) is 6.92 Å². The number of nitrogens with zero attached hydrogens (tertiary/aromatic N) is 1. The monoisotopic (exact) mass is 249 g/mol. The topological polar surface area (TPSA) is 40.5 Å². The molecule has 18 heavy (non-hydrogen) atoms. The molecule has 0 fully saturated rings. The van der Waals surface area contributed by atoms with Gasteiger partial charge in [-0.25, -0.2) is 0 Å². The Morgan fingerprint density at radius 1 is 1.22 bits per heavy atom. The minimum Gasteiger partial charge on any atom is -0.480 e. The molecule has 0 aliphatic rings. The average molecular weight is 249 g/mol. The van der Waals surface area contributed by atoms with Crippen LogP contribution in [0.4, 0.5) is 5.69 Å². The van der Waals surface area contributed by atoms with Crippen molar-refractivity contribution in [3.05, 3.63) is 29.3 Å². The number of carboxylic acids is 1. The van der Waals surface area contributed by atoms with Crippen LogP contribution in [0.25, 0.3) is 0 Å². The molecule has 1 aromatic carbocycles. The molecule has 0 heterocycles. The molecular formula is C15H23NO2. The molecule has 0 atom stereocenters. The van der Waals surface area contributed by atoms with Gasteiger partial charge in [-0.2, -0.15) is 0 Å². The van der Waals surface area contributed by atoms with Crippen molar-refractivity contribution in [3.63, 3.8) is 0 Å². The van der Waals surface area contributed by atoms with Gasteiger partial charge in [-0.05, 0) is 31.4 Å². The molecule has 0 saturated heterocycles. The van der Waals surface area contributed by atoms with Crippen molar-refractivity contribution in [3.8, 4) is 0 Å². The molecule has 0 radical (unpaired) electrons. The molecule has 100 valence electrons. The number of benzene rings is 1. The molecule has 0 bridgehead atoms. The maximum Gasteiger partial charge on any atom is 0.323 e. The number of anilines is 1. The van der Waals surface area contributed by atoms with Crippen LogP contribution in [0, 0.1) is 13.8 Å². The van der Waals surface area contributed by atoms with Crippen molar-refractivity contribution >= 4 is 11.7 Å². The van der Waals surface area contributed by atoms with Crippen LogP contribution in [-0.4, -0.2) is 24.2 Å². The Morgan fingerprint density at radius 3 is 2.33 bits per heavy atom. The van der Waals surface area contributed by atoms with Crippen LogP contribution in [-0.2, 0) is 4.79 Å². The molecule has 3 heteroatoms. The summed E-state index contributed by atoms with van der Waals surface area (Å²) < 4.78 is 0. The highest BCUT2D eigenvalue weighted by atomic mass is 16.4. The van der Waals surface area contributed by atoms with Crippen molar-refractivity contribution in [2.24, 2.45) is 0 Å². The van der Waals surface area contributed by atoms with Gasteiger partial charge in [-0.15, -0.1) is 0 Å². The minimum absolute atomic E-state index is 0.0788. The molecule has 1 N–H and O–H groups in total. The highest BCUT2D eigenvalue weighted by molar-refractivity contribution is 5.75. The summed E-state index contributed by atoms with van der Waals surface area (Å²) in [5, 5.41) is 9.04. The van der Waals surface area contributed by atoms with E-state index in [1.165, 1.54) is 0 Å².